The minimum Gasteiger partial charge on any atom is -0.317 e. The molecule has 0 unspecified atom stereocenters. The first-order chi connectivity index (χ1) is 33.6. The van der Waals surface area contributed by atoms with E-state index in [1.807, 2.05) is 36.9 Å². The maximum atomic E-state index is 9.41. The van der Waals surface area contributed by atoms with E-state index in [4.69, 9.17) is 4.11 Å². The van der Waals surface area contributed by atoms with Crippen LogP contribution in [0.25, 0.3) is 44.3 Å². The van der Waals surface area contributed by atoms with Gasteiger partial charge in [-0.15, -0.1) is 0 Å². The van der Waals surface area contributed by atoms with Crippen molar-refractivity contribution in [3.63, 3.8) is 0 Å². The number of nitrogens with zero attached hydrogens (tertiary/aromatic N) is 8. The van der Waals surface area contributed by atoms with Crippen molar-refractivity contribution < 1.29 is 6.85 Å². The van der Waals surface area contributed by atoms with E-state index in [0.717, 1.165) is 84.0 Å². The molecule has 0 atom stereocenters. The second-order valence-electron chi connectivity index (χ2n) is 19.0. The highest BCUT2D eigenvalue weighted by Crippen LogP contribution is 2.50. The van der Waals surface area contributed by atoms with Gasteiger partial charge in [0, 0.05) is 33.7 Å². The third kappa shape index (κ3) is 5.98. The van der Waals surface area contributed by atoms with Gasteiger partial charge in [-0.1, -0.05) is 132 Å². The summed E-state index contributed by atoms with van der Waals surface area (Å²) in [4.78, 5) is 22.9. The van der Waals surface area contributed by atoms with E-state index in [9.17, 15) is 2.74 Å². The lowest BCUT2D eigenvalue weighted by Gasteiger charge is -2.43. The Labute approximate surface area is 386 Å². The quantitative estimate of drug-likeness (QED) is 0.161. The molecule has 0 bridgehead atoms. The molecule has 4 aromatic heterocycles. The van der Waals surface area contributed by atoms with Gasteiger partial charge in [0.25, 0.3) is 6.71 Å². The molecule has 0 radical (unpaired) electrons. The zero-order valence-corrected chi connectivity index (χ0v) is 37.0. The lowest BCUT2D eigenvalue weighted by molar-refractivity contribution is 0.590. The molecule has 65 heavy (non-hydrogen) atoms. The number of para-hydroxylation sites is 2. The van der Waals surface area contributed by atoms with Gasteiger partial charge in [0.15, 0.2) is 0 Å². The Morgan fingerprint density at radius 1 is 0.492 bits per heavy atom. The highest BCUT2D eigenvalue weighted by atomic mass is 15.3. The molecule has 6 aromatic carbocycles. The van der Waals surface area contributed by atoms with Gasteiger partial charge in [-0.05, 0) is 97.9 Å². The Kier molecular flexibility index (Phi) is 7.46. The van der Waals surface area contributed by atoms with Crippen LogP contribution in [-0.2, 0) is 10.8 Å². The van der Waals surface area contributed by atoms with Crippen molar-refractivity contribution in [2.24, 2.45) is 0 Å². The second kappa shape index (κ2) is 14.4. The monoisotopic (exact) mass is 847 g/mol. The van der Waals surface area contributed by atoms with Gasteiger partial charge in [0.05, 0.1) is 59.7 Å². The maximum absolute atomic E-state index is 9.41. The number of benzene rings is 6. The summed E-state index contributed by atoms with van der Waals surface area (Å²) in [5.41, 5.74) is 13.5. The number of hydrogen-bond acceptors (Lipinski definition) is 6. The Morgan fingerprint density at radius 3 is 1.55 bits per heavy atom. The van der Waals surface area contributed by atoms with E-state index in [1.54, 1.807) is 6.33 Å². The molecular weight excluding hydrogens is 795 g/mol. The smallest absolute Gasteiger partial charge is 0.276 e. The average molecular weight is 848 g/mol. The summed E-state index contributed by atoms with van der Waals surface area (Å²) in [5, 5.41) is 2.02. The van der Waals surface area contributed by atoms with Crippen LogP contribution >= 0.6 is 0 Å². The minimum absolute atomic E-state index is 0.114. The predicted octanol–water partition coefficient (Wildman–Crippen LogP) is 11.5. The molecule has 12 rings (SSSR count). The minimum atomic E-state index is -0.456. The van der Waals surface area contributed by atoms with Gasteiger partial charge in [-0.25, -0.2) is 19.9 Å². The Hall–Kier alpha value is -7.78. The summed E-state index contributed by atoms with van der Waals surface area (Å²) >= 11 is 0. The first-order valence-electron chi connectivity index (χ1n) is 24.5. The first-order valence-corrected chi connectivity index (χ1v) is 22.0. The molecule has 8 nitrogen and oxygen atoms in total. The summed E-state index contributed by atoms with van der Waals surface area (Å²) in [7, 11) is 0. The SMILES string of the molecule is [2H]c1c([2H])c([2H])c(-c2cc3c4c(c2)N(c2ccc(C(C)(C)C)cc2)c2c(c5ccccc5n2-c2cncnc2)B4c2c(c4ccccc4n2-c2cncnc2)N3c2ccc(C(C)(C)C)cc2)c([2H])c1[2H]. The molecule has 314 valence electrons. The Morgan fingerprint density at radius 2 is 0.985 bits per heavy atom. The molecule has 10 aromatic rings. The maximum Gasteiger partial charge on any atom is 0.276 e. The molecule has 0 spiro atoms. The molecule has 2 aliphatic heterocycles. The third-order valence-electron chi connectivity index (χ3n) is 13.1. The van der Waals surface area contributed by atoms with Crippen LogP contribution < -0.4 is 26.3 Å². The van der Waals surface area contributed by atoms with Crippen molar-refractivity contribution in [2.75, 3.05) is 9.80 Å². The largest absolute Gasteiger partial charge is 0.317 e. The van der Waals surface area contributed by atoms with E-state index < -0.39 is 24.8 Å². The lowest BCUT2D eigenvalue weighted by atomic mass is 9.35. The Balaban J connectivity index is 1.32. The summed E-state index contributed by atoms with van der Waals surface area (Å²) in [6, 6.07) is 36.6. The van der Waals surface area contributed by atoms with Gasteiger partial charge in [-0.3, -0.25) is 9.47 Å². The zero-order valence-electron chi connectivity index (χ0n) is 42.0. The van der Waals surface area contributed by atoms with E-state index in [0.29, 0.717) is 5.56 Å². The van der Waals surface area contributed by atoms with Crippen molar-refractivity contribution in [2.45, 2.75) is 52.4 Å². The summed E-state index contributed by atoms with van der Waals surface area (Å²) in [6.07, 6.45) is 10.5. The summed E-state index contributed by atoms with van der Waals surface area (Å²) in [6.45, 7) is 12.8. The highest BCUT2D eigenvalue weighted by Gasteiger charge is 2.49. The van der Waals surface area contributed by atoms with Crippen LogP contribution in [0, 0.1) is 0 Å². The molecule has 0 amide bonds. The van der Waals surface area contributed by atoms with E-state index in [-0.39, 0.29) is 28.5 Å². The van der Waals surface area contributed by atoms with Crippen molar-refractivity contribution in [1.82, 2.24) is 29.1 Å². The topological polar surface area (TPSA) is 67.9 Å². The Bertz CT molecular complexity index is 3720. The van der Waals surface area contributed by atoms with Gasteiger partial charge in [0.2, 0.25) is 0 Å². The van der Waals surface area contributed by atoms with Gasteiger partial charge >= 0.3 is 0 Å². The average Bonchev–Trinajstić information content (AvgIpc) is 3.89. The molecule has 0 aliphatic carbocycles. The zero-order chi connectivity index (χ0) is 48.5. The number of rotatable bonds is 5. The number of aromatic nitrogens is 6. The third-order valence-corrected chi connectivity index (χ3v) is 13.1. The highest BCUT2D eigenvalue weighted by molar-refractivity contribution is 7.01. The number of anilines is 6. The van der Waals surface area contributed by atoms with Crippen LogP contribution in [0.15, 0.2) is 177 Å². The molecule has 6 heterocycles. The molecule has 2 aliphatic rings. The molecule has 0 saturated carbocycles. The van der Waals surface area contributed by atoms with Crippen LogP contribution in [0.2, 0.25) is 0 Å². The normalized spacial score (nSPS) is 14.4. The fourth-order valence-electron chi connectivity index (χ4n) is 10.1. The van der Waals surface area contributed by atoms with E-state index >= 15 is 0 Å². The molecule has 9 heteroatoms. The molecule has 0 fully saturated rings. The van der Waals surface area contributed by atoms with Gasteiger partial charge in [0.1, 0.15) is 18.5 Å². The lowest BCUT2D eigenvalue weighted by Crippen LogP contribution is -2.63. The van der Waals surface area contributed by atoms with Crippen molar-refractivity contribution in [3.05, 3.63) is 188 Å². The molecule has 0 N–H and O–H groups in total. The standard InChI is InChI=1S/C56H47BN8/c1-55(2,3)38-20-24-40(25-21-38)62-48-28-37(36-14-8-7-9-15-36)29-49-51(48)57(53-52(62)45-17-11-13-19-47(45)63(53)42-30-58-34-59-31-42)50-44-16-10-12-18-46(44)65(43-32-60-35-61-33-43)54(50)64(49)41-26-22-39(23-27-41)56(4,5)6/h7-35H,1-6H3/i7D,8D,9D,14D,15D. The molecular formula is C56H47BN8. The number of fused-ring (bicyclic) bond motifs is 8. The predicted molar refractivity (Wildman–Crippen MR) is 268 cm³/mol. The van der Waals surface area contributed by atoms with Crippen molar-refractivity contribution >= 4 is 79.3 Å². The summed E-state index contributed by atoms with van der Waals surface area (Å²) < 4.78 is 49.8. The van der Waals surface area contributed by atoms with Gasteiger partial charge in [-0.2, -0.15) is 0 Å². The molecule has 0 saturated heterocycles. The number of hydrogen-bond donors (Lipinski definition) is 0. The van der Waals surface area contributed by atoms with Crippen LogP contribution in [0.1, 0.15) is 59.5 Å². The first kappa shape index (κ1) is 33.7. The van der Waals surface area contributed by atoms with Crippen LogP contribution in [0.5, 0.6) is 0 Å². The van der Waals surface area contributed by atoms with Crippen molar-refractivity contribution in [3.8, 4) is 22.5 Å². The fraction of sp³-hybridized carbons (Fsp3) is 0.143. The van der Waals surface area contributed by atoms with E-state index in [1.165, 1.54) is 17.5 Å². The second-order valence-corrected chi connectivity index (χ2v) is 19.0. The van der Waals surface area contributed by atoms with Crippen LogP contribution in [0.4, 0.5) is 34.3 Å². The van der Waals surface area contributed by atoms with Crippen LogP contribution in [0.3, 0.4) is 0 Å². The van der Waals surface area contributed by atoms with Crippen molar-refractivity contribution in [1.29, 1.82) is 0 Å². The van der Waals surface area contributed by atoms with E-state index in [2.05, 4.69) is 177 Å². The van der Waals surface area contributed by atoms with Gasteiger partial charge < -0.3 is 9.47 Å². The van der Waals surface area contributed by atoms with Crippen LogP contribution in [-0.4, -0.2) is 35.8 Å². The fourth-order valence-corrected chi connectivity index (χ4v) is 10.1. The summed E-state index contributed by atoms with van der Waals surface area (Å²) in [5.74, 6) is 0.858.